The van der Waals surface area contributed by atoms with Crippen molar-refractivity contribution in [3.63, 3.8) is 0 Å². The van der Waals surface area contributed by atoms with Gasteiger partial charge in [0.2, 0.25) is 11.8 Å². The molecule has 1 aliphatic heterocycles. The molecule has 2 atom stereocenters. The predicted octanol–water partition coefficient (Wildman–Crippen LogP) is 3.70. The van der Waals surface area contributed by atoms with Crippen LogP contribution in [-0.2, 0) is 4.79 Å². The van der Waals surface area contributed by atoms with Crippen LogP contribution in [0.25, 0.3) is 21.8 Å². The number of aryl methyl sites for hydroxylation is 1. The number of aromatic amines is 1. The lowest BCUT2D eigenvalue weighted by Gasteiger charge is -2.35. The number of hydrogen-bond acceptors (Lipinski definition) is 9. The van der Waals surface area contributed by atoms with E-state index in [0.717, 1.165) is 46.9 Å². The smallest absolute Gasteiger partial charge is 0.319 e. The number of nitrogens with one attached hydrogen (secondary N) is 1. The Bertz CT molecular complexity index is 1560. The lowest BCUT2D eigenvalue weighted by atomic mass is 10.1. The zero-order valence-corrected chi connectivity index (χ0v) is 23.1. The molecule has 2 fully saturated rings. The third kappa shape index (κ3) is 4.81. The number of fused-ring (bicyclic) bond motifs is 2. The van der Waals surface area contributed by atoms with Gasteiger partial charge < -0.3 is 24.2 Å². The summed E-state index contributed by atoms with van der Waals surface area (Å²) in [5.41, 5.74) is 2.41. The minimum Gasteiger partial charge on any atom is -0.458 e. The van der Waals surface area contributed by atoms with Crippen molar-refractivity contribution in [3.05, 3.63) is 48.8 Å². The molecule has 4 heterocycles. The number of carbonyl (C=O) groups excluding carboxylic acids is 1. The number of piperazine rings is 1. The average Bonchev–Trinajstić information content (AvgIpc) is 3.64. The molecule has 4 aromatic rings. The summed E-state index contributed by atoms with van der Waals surface area (Å²) < 4.78 is 13.0. The first-order chi connectivity index (χ1) is 19.4. The minimum atomic E-state index is -0.0594. The minimum absolute atomic E-state index is 0.00896. The molecule has 208 valence electrons. The van der Waals surface area contributed by atoms with Gasteiger partial charge >= 0.3 is 6.01 Å². The van der Waals surface area contributed by atoms with Crippen molar-refractivity contribution in [2.75, 3.05) is 45.2 Å². The van der Waals surface area contributed by atoms with E-state index in [0.29, 0.717) is 55.4 Å². The van der Waals surface area contributed by atoms with E-state index in [1.165, 1.54) is 6.08 Å². The van der Waals surface area contributed by atoms with Gasteiger partial charge in [0.15, 0.2) is 0 Å². The molecule has 0 bridgehead atoms. The van der Waals surface area contributed by atoms with Crippen molar-refractivity contribution in [1.82, 2.24) is 34.9 Å². The first kappa shape index (κ1) is 26.0. The van der Waals surface area contributed by atoms with Crippen LogP contribution in [0.3, 0.4) is 0 Å². The summed E-state index contributed by atoms with van der Waals surface area (Å²) in [7, 11) is 4.16. The molecule has 1 aliphatic carbocycles. The van der Waals surface area contributed by atoms with Gasteiger partial charge in [0.05, 0.1) is 22.5 Å². The predicted molar refractivity (Wildman–Crippen MR) is 153 cm³/mol. The van der Waals surface area contributed by atoms with Crippen LogP contribution in [0.4, 0.5) is 5.82 Å². The number of carbonyl (C=O) groups is 1. The molecule has 6 rings (SSSR count). The number of nitrogens with zero attached hydrogens (tertiary/aromatic N) is 7. The molecule has 1 amide bonds. The van der Waals surface area contributed by atoms with Gasteiger partial charge in [0.1, 0.15) is 23.2 Å². The van der Waals surface area contributed by atoms with Crippen LogP contribution in [0.2, 0.25) is 0 Å². The summed E-state index contributed by atoms with van der Waals surface area (Å²) in [5.74, 6) is 1.74. The van der Waals surface area contributed by atoms with E-state index < -0.39 is 0 Å². The molecule has 3 aromatic heterocycles. The maximum absolute atomic E-state index is 12.2. The lowest BCUT2D eigenvalue weighted by Crippen LogP contribution is -2.48. The number of aromatic nitrogens is 5. The number of amides is 1. The van der Waals surface area contributed by atoms with E-state index in [1.807, 2.05) is 25.1 Å². The van der Waals surface area contributed by atoms with Crippen LogP contribution in [-0.4, -0.2) is 93.3 Å². The van der Waals surface area contributed by atoms with Crippen molar-refractivity contribution in [2.24, 2.45) is 0 Å². The van der Waals surface area contributed by atoms with Gasteiger partial charge in [-0.05, 0) is 64.1 Å². The van der Waals surface area contributed by atoms with Crippen molar-refractivity contribution in [2.45, 2.75) is 38.3 Å². The molecule has 40 heavy (non-hydrogen) atoms. The molecule has 0 radical (unpaired) electrons. The molecular weight excluding hydrogens is 508 g/mol. The van der Waals surface area contributed by atoms with Crippen molar-refractivity contribution < 1.29 is 14.3 Å². The monoisotopic (exact) mass is 542 g/mol. The number of pyridine rings is 1. The standard InChI is InChI=1S/C29H34N8O3/c1-5-24(38)36-13-15-37(16-14-36)27-19-11-12-30-28(40-26-18(2)9-10-21-20(26)17-31-34-21)25(19)32-29(33-27)39-23-8-6-7-22(23)35(3)4/h5,9-12,17,22-23H,1,6-8,13-16H2,2-4H3,(H,31,34)/t22-,23-/m1/s1. The normalized spacial score (nSPS) is 19.5. The van der Waals surface area contributed by atoms with Gasteiger partial charge in [0.25, 0.3) is 0 Å². The number of ether oxygens (including phenoxy) is 2. The molecule has 11 nitrogen and oxygen atoms in total. The number of rotatable bonds is 7. The van der Waals surface area contributed by atoms with Crippen molar-refractivity contribution >= 4 is 33.5 Å². The lowest BCUT2D eigenvalue weighted by molar-refractivity contribution is -0.126. The Morgan fingerprint density at radius 2 is 1.95 bits per heavy atom. The fraction of sp³-hybridized carbons (Fsp3) is 0.414. The molecular formula is C29H34N8O3. The summed E-state index contributed by atoms with van der Waals surface area (Å²) in [4.78, 5) is 32.8. The van der Waals surface area contributed by atoms with Crippen LogP contribution in [0.15, 0.2) is 43.2 Å². The Morgan fingerprint density at radius 1 is 1.12 bits per heavy atom. The largest absolute Gasteiger partial charge is 0.458 e. The van der Waals surface area contributed by atoms with Gasteiger partial charge in [-0.2, -0.15) is 15.1 Å². The van der Waals surface area contributed by atoms with Crippen LogP contribution < -0.4 is 14.4 Å². The van der Waals surface area contributed by atoms with E-state index in [9.17, 15) is 4.79 Å². The summed E-state index contributed by atoms with van der Waals surface area (Å²) in [6, 6.07) is 6.48. The maximum Gasteiger partial charge on any atom is 0.319 e. The Labute approximate surface area is 232 Å². The van der Waals surface area contributed by atoms with Crippen molar-refractivity contribution in [1.29, 1.82) is 0 Å². The highest BCUT2D eigenvalue weighted by Crippen LogP contribution is 2.37. The third-order valence-electron chi connectivity index (χ3n) is 7.91. The van der Waals surface area contributed by atoms with Gasteiger partial charge in [-0.3, -0.25) is 9.89 Å². The molecule has 11 heteroatoms. The van der Waals surface area contributed by atoms with Gasteiger partial charge in [-0.25, -0.2) is 4.98 Å². The zero-order valence-electron chi connectivity index (χ0n) is 23.1. The van der Waals surface area contributed by atoms with E-state index in [1.54, 1.807) is 17.3 Å². The van der Waals surface area contributed by atoms with Crippen LogP contribution in [0, 0.1) is 6.92 Å². The van der Waals surface area contributed by atoms with Crippen LogP contribution in [0.5, 0.6) is 17.6 Å². The topological polar surface area (TPSA) is 113 Å². The second kappa shape index (κ2) is 10.7. The van der Waals surface area contributed by atoms with Crippen LogP contribution in [0.1, 0.15) is 24.8 Å². The van der Waals surface area contributed by atoms with Crippen LogP contribution >= 0.6 is 0 Å². The highest BCUT2D eigenvalue weighted by atomic mass is 16.5. The molecule has 1 aromatic carbocycles. The Hall–Kier alpha value is -4.25. The fourth-order valence-electron chi connectivity index (χ4n) is 5.73. The number of likely N-dealkylation sites (N-methyl/N-ethyl adjacent to an activating group) is 1. The van der Waals surface area contributed by atoms with Crippen molar-refractivity contribution in [3.8, 4) is 17.6 Å². The SMILES string of the molecule is C=CC(=O)N1CCN(c2nc(O[C@@H]3CCC[C@H]3N(C)C)nc3c(Oc4c(C)ccc5[nH]ncc45)nccc23)CC1. The average molecular weight is 543 g/mol. The molecule has 1 saturated heterocycles. The summed E-state index contributed by atoms with van der Waals surface area (Å²) in [6.07, 6.45) is 7.93. The quantitative estimate of drug-likeness (QED) is 0.349. The first-order valence-corrected chi connectivity index (χ1v) is 13.7. The number of anilines is 1. The first-order valence-electron chi connectivity index (χ1n) is 13.7. The second-order valence-electron chi connectivity index (χ2n) is 10.6. The molecule has 1 saturated carbocycles. The highest BCUT2D eigenvalue weighted by Gasteiger charge is 2.32. The number of H-pyrrole nitrogens is 1. The Morgan fingerprint density at radius 3 is 2.73 bits per heavy atom. The van der Waals surface area contributed by atoms with E-state index in [2.05, 4.69) is 45.7 Å². The molecule has 1 N–H and O–H groups in total. The Balaban J connectivity index is 1.42. The summed E-state index contributed by atoms with van der Waals surface area (Å²) in [5, 5.41) is 8.86. The summed E-state index contributed by atoms with van der Waals surface area (Å²) in [6.45, 7) is 8.03. The van der Waals surface area contributed by atoms with E-state index >= 15 is 0 Å². The van der Waals surface area contributed by atoms with Gasteiger partial charge in [-0.1, -0.05) is 12.6 Å². The number of hydrogen-bond donors (Lipinski definition) is 1. The molecule has 0 spiro atoms. The van der Waals surface area contributed by atoms with E-state index in [-0.39, 0.29) is 12.0 Å². The highest BCUT2D eigenvalue weighted by molar-refractivity contribution is 5.94. The summed E-state index contributed by atoms with van der Waals surface area (Å²) >= 11 is 0. The zero-order chi connectivity index (χ0) is 27.8. The molecule has 0 unspecified atom stereocenters. The second-order valence-corrected chi connectivity index (χ2v) is 10.6. The van der Waals surface area contributed by atoms with Gasteiger partial charge in [-0.15, -0.1) is 0 Å². The number of benzene rings is 1. The van der Waals surface area contributed by atoms with Gasteiger partial charge in [0, 0.05) is 38.4 Å². The third-order valence-corrected chi connectivity index (χ3v) is 7.91. The molecule has 2 aliphatic rings. The Kier molecular flexibility index (Phi) is 6.97. The maximum atomic E-state index is 12.2. The van der Waals surface area contributed by atoms with E-state index in [4.69, 9.17) is 19.4 Å². The fourth-order valence-corrected chi connectivity index (χ4v) is 5.73.